The number of hydrogen-bond acceptors (Lipinski definition) is 4. The number of nitrogen functional groups attached to an aromatic ring is 1. The normalized spacial score (nSPS) is 19.9. The zero-order valence-corrected chi connectivity index (χ0v) is 15.9. The summed E-state index contributed by atoms with van der Waals surface area (Å²) in [6.45, 7) is 1.94. The molecular weight excluding hydrogens is 360 g/mol. The van der Waals surface area contributed by atoms with Crippen LogP contribution in [0.2, 0.25) is 5.02 Å². The summed E-state index contributed by atoms with van der Waals surface area (Å²) >= 11 is 6.47. The van der Waals surface area contributed by atoms with Gasteiger partial charge in [0.2, 0.25) is 0 Å². The summed E-state index contributed by atoms with van der Waals surface area (Å²) in [5.74, 6) is 0. The molecule has 1 saturated carbocycles. The Balaban J connectivity index is 1.98. The molecule has 0 spiro atoms. The van der Waals surface area contributed by atoms with E-state index < -0.39 is 0 Å². The third kappa shape index (κ3) is 3.05. The van der Waals surface area contributed by atoms with Gasteiger partial charge in [0.05, 0.1) is 34.6 Å². The van der Waals surface area contributed by atoms with Crippen LogP contribution >= 0.6 is 11.6 Å². The van der Waals surface area contributed by atoms with Crippen LogP contribution in [0.4, 0.5) is 5.69 Å². The van der Waals surface area contributed by atoms with Crippen LogP contribution in [-0.4, -0.2) is 20.8 Å². The second kappa shape index (κ2) is 6.88. The largest absolute Gasteiger partial charge is 0.396 e. The Hall–Kier alpha value is -2.55. The lowest BCUT2D eigenvalue weighted by molar-refractivity contribution is 0.105. The fourth-order valence-electron chi connectivity index (χ4n) is 4.08. The summed E-state index contributed by atoms with van der Waals surface area (Å²) in [5.41, 5.74) is 10.7. The van der Waals surface area contributed by atoms with Crippen LogP contribution in [0, 0.1) is 18.3 Å². The van der Waals surface area contributed by atoms with Gasteiger partial charge in [-0.1, -0.05) is 11.6 Å². The molecule has 138 valence electrons. The van der Waals surface area contributed by atoms with Gasteiger partial charge < -0.3 is 15.4 Å². The van der Waals surface area contributed by atoms with E-state index in [0.717, 1.165) is 53.3 Å². The van der Waals surface area contributed by atoms with E-state index in [2.05, 4.69) is 21.8 Å². The molecule has 2 aromatic heterocycles. The number of aliphatic hydroxyl groups is 1. The molecule has 4 rings (SSSR count). The summed E-state index contributed by atoms with van der Waals surface area (Å²) in [7, 11) is 0. The van der Waals surface area contributed by atoms with E-state index >= 15 is 0 Å². The van der Waals surface area contributed by atoms with E-state index in [1.165, 1.54) is 6.20 Å². The molecule has 1 aliphatic carbocycles. The Kier molecular flexibility index (Phi) is 4.55. The van der Waals surface area contributed by atoms with Gasteiger partial charge in [0.1, 0.15) is 0 Å². The zero-order chi connectivity index (χ0) is 19.1. The first kappa shape index (κ1) is 17.8. The van der Waals surface area contributed by atoms with E-state index in [0.29, 0.717) is 16.3 Å². The zero-order valence-electron chi connectivity index (χ0n) is 15.1. The lowest BCUT2D eigenvalue weighted by Gasteiger charge is -2.28. The molecule has 27 heavy (non-hydrogen) atoms. The lowest BCUT2D eigenvalue weighted by atomic mass is 9.92. The van der Waals surface area contributed by atoms with Gasteiger partial charge in [0.25, 0.3) is 0 Å². The molecule has 3 N–H and O–H groups in total. The molecule has 0 bridgehead atoms. The van der Waals surface area contributed by atoms with Crippen molar-refractivity contribution in [1.82, 2.24) is 9.55 Å². The van der Waals surface area contributed by atoms with Crippen molar-refractivity contribution >= 4 is 28.2 Å². The van der Waals surface area contributed by atoms with Crippen LogP contribution in [-0.2, 0) is 0 Å². The first-order valence-corrected chi connectivity index (χ1v) is 9.50. The highest BCUT2D eigenvalue weighted by molar-refractivity contribution is 6.36. The van der Waals surface area contributed by atoms with Gasteiger partial charge in [-0.15, -0.1) is 0 Å². The van der Waals surface area contributed by atoms with Crippen molar-refractivity contribution in [3.05, 3.63) is 46.9 Å². The Morgan fingerprint density at radius 1 is 1.30 bits per heavy atom. The van der Waals surface area contributed by atoms with Crippen molar-refractivity contribution in [1.29, 1.82) is 5.26 Å². The number of aliphatic hydroxyl groups excluding tert-OH is 1. The average Bonchev–Trinajstić information content (AvgIpc) is 3.01. The van der Waals surface area contributed by atoms with Gasteiger partial charge in [-0.05, 0) is 50.3 Å². The smallest absolute Gasteiger partial charge is 0.0994 e. The van der Waals surface area contributed by atoms with Gasteiger partial charge in [0.15, 0.2) is 0 Å². The minimum absolute atomic E-state index is 0.213. The molecule has 0 radical (unpaired) electrons. The number of hydrogen-bond donors (Lipinski definition) is 2. The van der Waals surface area contributed by atoms with Crippen molar-refractivity contribution in [3.63, 3.8) is 0 Å². The van der Waals surface area contributed by atoms with Crippen molar-refractivity contribution < 1.29 is 5.11 Å². The minimum Gasteiger partial charge on any atom is -0.396 e. The highest BCUT2D eigenvalue weighted by atomic mass is 35.5. The van der Waals surface area contributed by atoms with E-state index in [1.54, 1.807) is 6.20 Å². The molecule has 6 heteroatoms. The van der Waals surface area contributed by atoms with Crippen molar-refractivity contribution in [3.8, 4) is 17.2 Å². The topological polar surface area (TPSA) is 87.9 Å². The molecule has 5 nitrogen and oxygen atoms in total. The lowest BCUT2D eigenvalue weighted by Crippen LogP contribution is -2.22. The molecule has 2 heterocycles. The number of nitrogens with two attached hydrogens (primary N) is 1. The summed E-state index contributed by atoms with van der Waals surface area (Å²) in [5, 5.41) is 21.0. The molecule has 2 atom stereocenters. The van der Waals surface area contributed by atoms with Crippen LogP contribution in [0.1, 0.15) is 42.9 Å². The number of nitriles is 1. The van der Waals surface area contributed by atoms with Crippen LogP contribution in [0.5, 0.6) is 0 Å². The van der Waals surface area contributed by atoms with Gasteiger partial charge in [-0.25, -0.2) is 0 Å². The van der Waals surface area contributed by atoms with Crippen LogP contribution in [0.15, 0.2) is 30.7 Å². The fourth-order valence-corrected chi connectivity index (χ4v) is 4.28. The van der Waals surface area contributed by atoms with Crippen LogP contribution < -0.4 is 5.73 Å². The quantitative estimate of drug-likeness (QED) is 0.680. The van der Waals surface area contributed by atoms with Crippen molar-refractivity contribution in [2.75, 3.05) is 5.73 Å². The Morgan fingerprint density at radius 2 is 2.11 bits per heavy atom. The van der Waals surface area contributed by atoms with Gasteiger partial charge in [-0.2, -0.15) is 5.26 Å². The van der Waals surface area contributed by atoms with Gasteiger partial charge in [-0.3, -0.25) is 4.98 Å². The number of nitrogens with zero attached hydrogens (tertiary/aromatic N) is 3. The standard InChI is InChI=1S/C21H21ClN4O/c1-12-5-20-16(6-13(12)8-23)18(17-9-25-10-19(24)21(17)22)11-26(20)14-3-2-4-15(27)7-14/h5-6,9-11,14-15,27H,2-4,7,24H2,1H3/t14-,15-/m1/s1. The molecular formula is C21H21ClN4O. The van der Waals surface area contributed by atoms with E-state index in [9.17, 15) is 10.4 Å². The molecule has 0 unspecified atom stereocenters. The summed E-state index contributed by atoms with van der Waals surface area (Å²) in [4.78, 5) is 4.20. The Labute approximate surface area is 163 Å². The molecule has 0 aliphatic heterocycles. The maximum atomic E-state index is 10.2. The predicted molar refractivity (Wildman–Crippen MR) is 108 cm³/mol. The molecule has 1 aliphatic rings. The third-order valence-corrected chi connectivity index (χ3v) is 5.93. The maximum absolute atomic E-state index is 10.2. The van der Waals surface area contributed by atoms with Crippen molar-refractivity contribution in [2.45, 2.75) is 44.8 Å². The molecule has 1 aromatic carbocycles. The van der Waals surface area contributed by atoms with Crippen LogP contribution in [0.3, 0.4) is 0 Å². The number of pyridine rings is 1. The SMILES string of the molecule is Cc1cc2c(cc1C#N)c(-c1cncc(N)c1Cl)cn2[C@@H]1CCC[C@@H](O)C1. The van der Waals surface area contributed by atoms with E-state index in [1.807, 2.05) is 19.1 Å². The number of rotatable bonds is 2. The number of aromatic nitrogens is 2. The Bertz CT molecular complexity index is 1070. The maximum Gasteiger partial charge on any atom is 0.0994 e. The average molecular weight is 381 g/mol. The van der Waals surface area contributed by atoms with E-state index in [4.69, 9.17) is 17.3 Å². The minimum atomic E-state index is -0.276. The highest BCUT2D eigenvalue weighted by Crippen LogP contribution is 2.41. The van der Waals surface area contributed by atoms with Gasteiger partial charge in [0, 0.05) is 40.5 Å². The summed E-state index contributed by atoms with van der Waals surface area (Å²) in [6.07, 6.45) is 8.62. The first-order chi connectivity index (χ1) is 13.0. The van der Waals surface area contributed by atoms with Crippen molar-refractivity contribution in [2.24, 2.45) is 0 Å². The molecule has 0 saturated heterocycles. The summed E-state index contributed by atoms with van der Waals surface area (Å²) in [6, 6.07) is 6.44. The Morgan fingerprint density at radius 3 is 2.85 bits per heavy atom. The van der Waals surface area contributed by atoms with E-state index in [-0.39, 0.29) is 12.1 Å². The fraction of sp³-hybridized carbons (Fsp3) is 0.333. The molecule has 0 amide bonds. The number of anilines is 1. The highest BCUT2D eigenvalue weighted by Gasteiger charge is 2.25. The summed E-state index contributed by atoms with van der Waals surface area (Å²) < 4.78 is 2.22. The number of halogens is 1. The predicted octanol–water partition coefficient (Wildman–Crippen LogP) is 4.60. The first-order valence-electron chi connectivity index (χ1n) is 9.12. The number of fused-ring (bicyclic) bond motifs is 1. The number of aryl methyl sites for hydroxylation is 1. The second-order valence-corrected chi connectivity index (χ2v) is 7.69. The third-order valence-electron chi connectivity index (χ3n) is 5.51. The molecule has 3 aromatic rings. The number of benzene rings is 1. The second-order valence-electron chi connectivity index (χ2n) is 7.31. The monoisotopic (exact) mass is 380 g/mol. The van der Waals surface area contributed by atoms with Gasteiger partial charge >= 0.3 is 0 Å². The molecule has 1 fully saturated rings. The van der Waals surface area contributed by atoms with Crippen LogP contribution in [0.25, 0.3) is 22.0 Å².